The quantitative estimate of drug-likeness (QED) is 0.642. The summed E-state index contributed by atoms with van der Waals surface area (Å²) in [5, 5.41) is 2.75. The highest BCUT2D eigenvalue weighted by Gasteiger charge is 2.31. The lowest BCUT2D eigenvalue weighted by Gasteiger charge is -2.19. The number of anilines is 1. The lowest BCUT2D eigenvalue weighted by molar-refractivity contribution is -0.121. The molecule has 4 rings (SSSR count). The number of hydrogen-bond acceptors (Lipinski definition) is 6. The Morgan fingerprint density at radius 3 is 2.70 bits per heavy atom. The highest BCUT2D eigenvalue weighted by Crippen LogP contribution is 2.32. The van der Waals surface area contributed by atoms with Crippen molar-refractivity contribution in [1.82, 2.24) is 15.2 Å². The smallest absolute Gasteiger partial charge is 0.325 e. The first-order chi connectivity index (χ1) is 14.6. The van der Waals surface area contributed by atoms with Gasteiger partial charge in [-0.2, -0.15) is 0 Å². The van der Waals surface area contributed by atoms with Crippen LogP contribution in [0.3, 0.4) is 0 Å². The summed E-state index contributed by atoms with van der Waals surface area (Å²) >= 11 is 0. The number of urea groups is 1. The number of rotatable bonds is 7. The van der Waals surface area contributed by atoms with Gasteiger partial charge < -0.3 is 24.1 Å². The SMILES string of the molecule is COc1ccc(N2CCN(CC(=O)NCc3nc4ccccc4o3)C2=O)cc1OC. The zero-order valence-corrected chi connectivity index (χ0v) is 16.8. The molecule has 3 aromatic rings. The molecule has 9 nitrogen and oxygen atoms in total. The van der Waals surface area contributed by atoms with Gasteiger partial charge in [0, 0.05) is 24.8 Å². The van der Waals surface area contributed by atoms with E-state index in [9.17, 15) is 9.59 Å². The molecule has 9 heteroatoms. The van der Waals surface area contributed by atoms with Crippen LogP contribution in [-0.2, 0) is 11.3 Å². The maximum Gasteiger partial charge on any atom is 0.325 e. The monoisotopic (exact) mass is 410 g/mol. The predicted molar refractivity (Wildman–Crippen MR) is 110 cm³/mol. The molecule has 1 N–H and O–H groups in total. The van der Waals surface area contributed by atoms with Crippen molar-refractivity contribution in [3.8, 4) is 11.5 Å². The van der Waals surface area contributed by atoms with Crippen molar-refractivity contribution in [2.75, 3.05) is 38.8 Å². The number of carbonyl (C=O) groups excluding carboxylic acids is 2. The zero-order chi connectivity index (χ0) is 21.1. The Morgan fingerprint density at radius 1 is 1.13 bits per heavy atom. The van der Waals surface area contributed by atoms with Gasteiger partial charge in [-0.3, -0.25) is 9.69 Å². The number of hydrogen-bond donors (Lipinski definition) is 1. The molecule has 0 saturated carbocycles. The van der Waals surface area contributed by atoms with E-state index in [-0.39, 0.29) is 25.0 Å². The molecule has 0 bridgehead atoms. The Bertz CT molecular complexity index is 1050. The first kappa shape index (κ1) is 19.6. The Kier molecular flexibility index (Phi) is 5.42. The van der Waals surface area contributed by atoms with Crippen molar-refractivity contribution in [2.45, 2.75) is 6.54 Å². The minimum absolute atomic E-state index is 0.0388. The lowest BCUT2D eigenvalue weighted by Crippen LogP contribution is -2.39. The van der Waals surface area contributed by atoms with Crippen LogP contribution in [0, 0.1) is 0 Å². The second-order valence-corrected chi connectivity index (χ2v) is 6.75. The fourth-order valence-corrected chi connectivity index (χ4v) is 3.36. The van der Waals surface area contributed by atoms with Crippen LogP contribution in [0.5, 0.6) is 11.5 Å². The molecule has 1 fully saturated rings. The van der Waals surface area contributed by atoms with Gasteiger partial charge in [0.2, 0.25) is 11.8 Å². The summed E-state index contributed by atoms with van der Waals surface area (Å²) < 4.78 is 16.1. The molecule has 0 atom stereocenters. The van der Waals surface area contributed by atoms with Crippen LogP contribution < -0.4 is 19.7 Å². The molecule has 30 heavy (non-hydrogen) atoms. The van der Waals surface area contributed by atoms with E-state index in [1.54, 1.807) is 37.3 Å². The average Bonchev–Trinajstić information content (AvgIpc) is 3.35. The average molecular weight is 410 g/mol. The Morgan fingerprint density at radius 2 is 1.93 bits per heavy atom. The van der Waals surface area contributed by atoms with Gasteiger partial charge >= 0.3 is 6.03 Å². The van der Waals surface area contributed by atoms with E-state index in [1.807, 2.05) is 24.3 Å². The van der Waals surface area contributed by atoms with E-state index in [0.29, 0.717) is 41.7 Å². The van der Waals surface area contributed by atoms with Crippen LogP contribution in [0.1, 0.15) is 5.89 Å². The summed E-state index contributed by atoms with van der Waals surface area (Å²) in [7, 11) is 3.10. The van der Waals surface area contributed by atoms with Crippen LogP contribution in [0.25, 0.3) is 11.1 Å². The number of oxazole rings is 1. The summed E-state index contributed by atoms with van der Waals surface area (Å²) in [5.41, 5.74) is 2.09. The molecule has 1 aromatic heterocycles. The number of fused-ring (bicyclic) bond motifs is 1. The van der Waals surface area contributed by atoms with Gasteiger partial charge in [-0.1, -0.05) is 12.1 Å². The summed E-state index contributed by atoms with van der Waals surface area (Å²) in [6.07, 6.45) is 0. The number of nitrogens with one attached hydrogen (secondary N) is 1. The molecule has 156 valence electrons. The number of ether oxygens (including phenoxy) is 2. The molecule has 0 radical (unpaired) electrons. The fourth-order valence-electron chi connectivity index (χ4n) is 3.36. The third kappa shape index (κ3) is 3.86. The normalized spacial score (nSPS) is 13.7. The van der Waals surface area contributed by atoms with Gasteiger partial charge in [0.25, 0.3) is 0 Å². The highest BCUT2D eigenvalue weighted by atomic mass is 16.5. The van der Waals surface area contributed by atoms with Crippen molar-refractivity contribution in [3.63, 3.8) is 0 Å². The topological polar surface area (TPSA) is 97.1 Å². The number of benzene rings is 2. The molecule has 1 saturated heterocycles. The first-order valence-corrected chi connectivity index (χ1v) is 9.48. The molecular weight excluding hydrogens is 388 g/mol. The van der Waals surface area contributed by atoms with Crippen LogP contribution >= 0.6 is 0 Å². The lowest BCUT2D eigenvalue weighted by atomic mass is 10.2. The van der Waals surface area contributed by atoms with Crippen molar-refractivity contribution >= 4 is 28.7 Å². The predicted octanol–water partition coefficient (Wildman–Crippen LogP) is 2.40. The minimum atomic E-state index is -0.278. The van der Waals surface area contributed by atoms with Crippen molar-refractivity contribution in [1.29, 1.82) is 0 Å². The van der Waals surface area contributed by atoms with Crippen molar-refractivity contribution in [3.05, 3.63) is 48.4 Å². The van der Waals surface area contributed by atoms with Crippen LogP contribution in [0.4, 0.5) is 10.5 Å². The molecule has 0 aliphatic carbocycles. The molecule has 3 amide bonds. The highest BCUT2D eigenvalue weighted by molar-refractivity contribution is 5.96. The van der Waals surface area contributed by atoms with E-state index in [1.165, 1.54) is 4.90 Å². The molecule has 2 aromatic carbocycles. The fraction of sp³-hybridized carbons (Fsp3) is 0.286. The Labute approximate surface area is 173 Å². The molecule has 0 unspecified atom stereocenters. The third-order valence-corrected chi connectivity index (χ3v) is 4.88. The number of amides is 3. The van der Waals surface area contributed by atoms with Crippen molar-refractivity contribution in [2.24, 2.45) is 0 Å². The van der Waals surface area contributed by atoms with Gasteiger partial charge in [-0.05, 0) is 24.3 Å². The summed E-state index contributed by atoms with van der Waals surface area (Å²) in [5.74, 6) is 1.27. The van der Waals surface area contributed by atoms with Crippen molar-refractivity contribution < 1.29 is 23.5 Å². The summed E-state index contributed by atoms with van der Waals surface area (Å²) in [4.78, 5) is 32.5. The van der Waals surface area contributed by atoms with Gasteiger partial charge in [-0.15, -0.1) is 0 Å². The summed E-state index contributed by atoms with van der Waals surface area (Å²) in [6.45, 7) is 1.05. The maximum absolute atomic E-state index is 12.8. The standard InChI is InChI=1S/C21H22N4O5/c1-28-17-8-7-14(11-18(17)29-2)25-10-9-24(21(25)27)13-19(26)22-12-20-23-15-5-3-4-6-16(15)30-20/h3-8,11H,9-10,12-13H2,1-2H3,(H,22,26). The molecule has 0 spiro atoms. The molecule has 1 aliphatic heterocycles. The second kappa shape index (κ2) is 8.32. The molecule has 2 heterocycles. The van der Waals surface area contributed by atoms with Gasteiger partial charge in [0.1, 0.15) is 12.1 Å². The number of carbonyl (C=O) groups is 2. The zero-order valence-electron chi connectivity index (χ0n) is 16.8. The summed E-state index contributed by atoms with van der Waals surface area (Å²) in [6, 6.07) is 12.4. The van der Waals surface area contributed by atoms with E-state index >= 15 is 0 Å². The van der Waals surface area contributed by atoms with E-state index < -0.39 is 0 Å². The second-order valence-electron chi connectivity index (χ2n) is 6.75. The van der Waals surface area contributed by atoms with Crippen LogP contribution in [-0.4, -0.2) is 55.7 Å². The maximum atomic E-state index is 12.8. The molecular formula is C21H22N4O5. The third-order valence-electron chi connectivity index (χ3n) is 4.88. The van der Waals surface area contributed by atoms with Crippen LogP contribution in [0.2, 0.25) is 0 Å². The van der Waals surface area contributed by atoms with E-state index in [4.69, 9.17) is 13.9 Å². The number of para-hydroxylation sites is 2. The minimum Gasteiger partial charge on any atom is -0.493 e. The van der Waals surface area contributed by atoms with E-state index in [2.05, 4.69) is 10.3 Å². The number of aromatic nitrogens is 1. The molecule has 1 aliphatic rings. The van der Waals surface area contributed by atoms with E-state index in [0.717, 1.165) is 5.52 Å². The van der Waals surface area contributed by atoms with Gasteiger partial charge in [-0.25, -0.2) is 9.78 Å². The van der Waals surface area contributed by atoms with Gasteiger partial charge in [0.05, 0.1) is 20.8 Å². The Balaban J connectivity index is 1.35. The van der Waals surface area contributed by atoms with Crippen LogP contribution in [0.15, 0.2) is 46.9 Å². The number of nitrogens with zero attached hydrogens (tertiary/aromatic N) is 3. The largest absolute Gasteiger partial charge is 0.493 e. The van der Waals surface area contributed by atoms with Gasteiger partial charge in [0.15, 0.2) is 17.1 Å². The number of methoxy groups -OCH3 is 2. The first-order valence-electron chi connectivity index (χ1n) is 9.48. The Hall–Kier alpha value is -3.75.